The van der Waals surface area contributed by atoms with Crippen LogP contribution in [-0.4, -0.2) is 54.9 Å². The van der Waals surface area contributed by atoms with Crippen LogP contribution in [0.1, 0.15) is 38.9 Å². The van der Waals surface area contributed by atoms with E-state index in [-0.39, 0.29) is 29.4 Å². The molecule has 2 rings (SSSR count). The van der Waals surface area contributed by atoms with E-state index >= 15 is 0 Å². The number of ether oxygens (including phenoxy) is 1. The zero-order valence-corrected chi connectivity index (χ0v) is 17.0. The highest BCUT2D eigenvalue weighted by molar-refractivity contribution is 14.0. The van der Waals surface area contributed by atoms with E-state index in [0.717, 1.165) is 32.1 Å². The summed E-state index contributed by atoms with van der Waals surface area (Å²) in [6.07, 6.45) is 1.13. The molecule has 0 spiro atoms. The largest absolute Gasteiger partial charge is 0.384 e. The molecule has 132 valence electrons. The van der Waals surface area contributed by atoms with Crippen LogP contribution in [-0.2, 0) is 16.7 Å². The van der Waals surface area contributed by atoms with Crippen molar-refractivity contribution in [3.05, 3.63) is 11.7 Å². The number of halogens is 1. The van der Waals surface area contributed by atoms with Crippen LogP contribution in [0.25, 0.3) is 0 Å². The molecule has 0 amide bonds. The van der Waals surface area contributed by atoms with Crippen molar-refractivity contribution in [3.8, 4) is 0 Å². The Kier molecular flexibility index (Phi) is 7.72. The summed E-state index contributed by atoms with van der Waals surface area (Å²) in [7, 11) is 3.54. The minimum Gasteiger partial charge on any atom is -0.384 e. The lowest BCUT2D eigenvalue weighted by atomic mass is 9.97. The van der Waals surface area contributed by atoms with Gasteiger partial charge in [-0.1, -0.05) is 25.9 Å². The van der Waals surface area contributed by atoms with Crippen LogP contribution < -0.4 is 5.32 Å². The van der Waals surface area contributed by atoms with Crippen LogP contribution in [0.3, 0.4) is 0 Å². The molecule has 1 aliphatic heterocycles. The summed E-state index contributed by atoms with van der Waals surface area (Å²) in [6.45, 7) is 9.43. The zero-order valence-electron chi connectivity index (χ0n) is 14.6. The Morgan fingerprint density at radius 1 is 1.48 bits per heavy atom. The second-order valence-corrected chi connectivity index (χ2v) is 6.72. The van der Waals surface area contributed by atoms with Crippen LogP contribution in [0.15, 0.2) is 9.52 Å². The standard InChI is InChI=1S/C15H27N5O2.HI/c1-15(2,3)13-18-12(19-22-13)8-17-14(16-4)20-7-6-11(9-20)10-21-5;/h11H,6-10H2,1-5H3,(H,16,17);1H. The van der Waals surface area contributed by atoms with Gasteiger partial charge in [-0.05, 0) is 6.42 Å². The number of rotatable bonds is 4. The average molecular weight is 437 g/mol. The quantitative estimate of drug-likeness (QED) is 0.442. The molecular formula is C15H28IN5O2. The summed E-state index contributed by atoms with van der Waals surface area (Å²) in [5, 5.41) is 7.32. The van der Waals surface area contributed by atoms with E-state index in [1.54, 1.807) is 14.2 Å². The first-order chi connectivity index (χ1) is 10.4. The van der Waals surface area contributed by atoms with Crippen molar-refractivity contribution >= 4 is 29.9 Å². The first kappa shape index (κ1) is 20.1. The zero-order chi connectivity index (χ0) is 16.2. The molecule has 0 aliphatic carbocycles. The average Bonchev–Trinajstić information content (AvgIpc) is 3.09. The number of nitrogens with one attached hydrogen (secondary N) is 1. The Bertz CT molecular complexity index is 512. The monoisotopic (exact) mass is 437 g/mol. The molecule has 1 atom stereocenters. The molecule has 0 bridgehead atoms. The number of likely N-dealkylation sites (tertiary alicyclic amines) is 1. The maximum atomic E-state index is 5.30. The molecule has 23 heavy (non-hydrogen) atoms. The third-order valence-corrected chi connectivity index (χ3v) is 3.71. The van der Waals surface area contributed by atoms with Crippen molar-refractivity contribution in [1.82, 2.24) is 20.4 Å². The lowest BCUT2D eigenvalue weighted by Crippen LogP contribution is -2.40. The second kappa shape index (κ2) is 8.81. The molecule has 1 saturated heterocycles. The van der Waals surface area contributed by atoms with Gasteiger partial charge in [0.15, 0.2) is 11.8 Å². The Balaban J connectivity index is 0.00000264. The van der Waals surface area contributed by atoms with Gasteiger partial charge in [0.05, 0.1) is 13.2 Å². The van der Waals surface area contributed by atoms with E-state index in [9.17, 15) is 0 Å². The fourth-order valence-electron chi connectivity index (χ4n) is 2.52. The highest BCUT2D eigenvalue weighted by atomic mass is 127. The van der Waals surface area contributed by atoms with Gasteiger partial charge >= 0.3 is 0 Å². The molecule has 1 aromatic rings. The summed E-state index contributed by atoms with van der Waals surface area (Å²) in [5.41, 5.74) is -0.130. The summed E-state index contributed by atoms with van der Waals surface area (Å²) in [6, 6.07) is 0. The van der Waals surface area contributed by atoms with Gasteiger partial charge in [-0.3, -0.25) is 4.99 Å². The molecule has 1 N–H and O–H groups in total. The van der Waals surface area contributed by atoms with Gasteiger partial charge < -0.3 is 19.5 Å². The van der Waals surface area contributed by atoms with E-state index in [4.69, 9.17) is 9.26 Å². The fourth-order valence-corrected chi connectivity index (χ4v) is 2.52. The topological polar surface area (TPSA) is 75.8 Å². The number of aromatic nitrogens is 2. The van der Waals surface area contributed by atoms with Crippen molar-refractivity contribution in [2.24, 2.45) is 10.9 Å². The minimum atomic E-state index is -0.130. The van der Waals surface area contributed by atoms with Crippen LogP contribution in [0.2, 0.25) is 0 Å². The molecule has 1 aromatic heterocycles. The third-order valence-electron chi connectivity index (χ3n) is 3.71. The molecule has 0 radical (unpaired) electrons. The van der Waals surface area contributed by atoms with Gasteiger partial charge in [-0.15, -0.1) is 24.0 Å². The highest BCUT2D eigenvalue weighted by Gasteiger charge is 2.25. The molecule has 2 heterocycles. The first-order valence-electron chi connectivity index (χ1n) is 7.71. The summed E-state index contributed by atoms with van der Waals surface area (Å²) in [4.78, 5) is 11.0. The van der Waals surface area contributed by atoms with E-state index in [2.05, 4.69) is 46.1 Å². The van der Waals surface area contributed by atoms with Gasteiger partial charge in [0, 0.05) is 38.6 Å². The smallest absolute Gasteiger partial charge is 0.232 e. The first-order valence-corrected chi connectivity index (χ1v) is 7.71. The summed E-state index contributed by atoms with van der Waals surface area (Å²) >= 11 is 0. The van der Waals surface area contributed by atoms with Crippen molar-refractivity contribution in [2.75, 3.05) is 33.9 Å². The summed E-state index contributed by atoms with van der Waals surface area (Å²) in [5.74, 6) is 2.75. The number of nitrogens with zero attached hydrogens (tertiary/aromatic N) is 4. The maximum absolute atomic E-state index is 5.30. The number of hydrogen-bond donors (Lipinski definition) is 1. The van der Waals surface area contributed by atoms with Crippen LogP contribution in [0, 0.1) is 5.92 Å². The van der Waals surface area contributed by atoms with E-state index in [0.29, 0.717) is 24.2 Å². The minimum absolute atomic E-state index is 0. The van der Waals surface area contributed by atoms with Crippen LogP contribution in [0.4, 0.5) is 0 Å². The third kappa shape index (κ3) is 5.59. The van der Waals surface area contributed by atoms with E-state index in [1.165, 1.54) is 0 Å². The maximum Gasteiger partial charge on any atom is 0.232 e. The van der Waals surface area contributed by atoms with Gasteiger partial charge in [0.1, 0.15) is 0 Å². The molecule has 0 aromatic carbocycles. The number of guanidine groups is 1. The molecule has 0 saturated carbocycles. The molecule has 8 heteroatoms. The van der Waals surface area contributed by atoms with Gasteiger partial charge in [0.25, 0.3) is 0 Å². The summed E-state index contributed by atoms with van der Waals surface area (Å²) < 4.78 is 10.5. The Hall–Kier alpha value is -0.900. The number of hydrogen-bond acceptors (Lipinski definition) is 5. The van der Waals surface area contributed by atoms with Crippen molar-refractivity contribution < 1.29 is 9.26 Å². The highest BCUT2D eigenvalue weighted by Crippen LogP contribution is 2.20. The van der Waals surface area contributed by atoms with Crippen molar-refractivity contribution in [2.45, 2.75) is 39.2 Å². The normalized spacial score (nSPS) is 18.9. The van der Waals surface area contributed by atoms with Crippen molar-refractivity contribution in [1.29, 1.82) is 0 Å². The lowest BCUT2D eigenvalue weighted by Gasteiger charge is -2.21. The Morgan fingerprint density at radius 2 is 2.22 bits per heavy atom. The molecule has 1 fully saturated rings. The number of methoxy groups -OCH3 is 1. The predicted molar refractivity (Wildman–Crippen MR) is 100 cm³/mol. The van der Waals surface area contributed by atoms with E-state index in [1.807, 2.05) is 0 Å². The molecule has 7 nitrogen and oxygen atoms in total. The Labute approximate surface area is 155 Å². The SMILES string of the molecule is CN=C(NCc1noc(C(C)(C)C)n1)N1CCC(COC)C1.I. The van der Waals surface area contributed by atoms with Gasteiger partial charge in [-0.2, -0.15) is 4.98 Å². The van der Waals surface area contributed by atoms with Gasteiger partial charge in [-0.25, -0.2) is 0 Å². The molecule has 1 aliphatic rings. The van der Waals surface area contributed by atoms with Crippen LogP contribution in [0.5, 0.6) is 0 Å². The molecule has 1 unspecified atom stereocenters. The molecular weight excluding hydrogens is 409 g/mol. The van der Waals surface area contributed by atoms with Gasteiger partial charge in [0.2, 0.25) is 5.89 Å². The second-order valence-electron chi connectivity index (χ2n) is 6.72. The lowest BCUT2D eigenvalue weighted by molar-refractivity contribution is 0.157. The van der Waals surface area contributed by atoms with E-state index < -0.39 is 0 Å². The van der Waals surface area contributed by atoms with Crippen LogP contribution >= 0.6 is 24.0 Å². The Morgan fingerprint density at radius 3 is 2.78 bits per heavy atom. The predicted octanol–water partition coefficient (Wildman–Crippen LogP) is 2.03. The number of aliphatic imine (C=N–C) groups is 1. The van der Waals surface area contributed by atoms with Crippen molar-refractivity contribution in [3.63, 3.8) is 0 Å². The fraction of sp³-hybridized carbons (Fsp3) is 0.800.